The van der Waals surface area contributed by atoms with Crippen molar-refractivity contribution in [3.05, 3.63) is 41.7 Å². The van der Waals surface area contributed by atoms with Gasteiger partial charge < -0.3 is 9.47 Å². The van der Waals surface area contributed by atoms with E-state index in [1.807, 2.05) is 0 Å². The fourth-order valence-electron chi connectivity index (χ4n) is 1.45. The summed E-state index contributed by atoms with van der Waals surface area (Å²) in [5.74, 6) is -1.50. The number of hydrogen-bond acceptors (Lipinski definition) is 3. The maximum absolute atomic E-state index is 12.2. The minimum atomic E-state index is -4.90. The molecule has 0 radical (unpaired) electrons. The first kappa shape index (κ1) is 15.1. The first-order valence-corrected chi connectivity index (χ1v) is 5.36. The zero-order chi connectivity index (χ0) is 14.5. The fraction of sp³-hybridized carbons (Fsp3) is 0.308. The zero-order valence-electron chi connectivity index (χ0n) is 10.5. The Hall–Kier alpha value is -1.98. The van der Waals surface area contributed by atoms with Crippen LogP contribution < -0.4 is 4.74 Å². The molecule has 0 aliphatic rings. The Bertz CT molecular complexity index is 478. The molecular formula is C13H13F3O3. The number of allylic oxidation sites excluding steroid dienone is 2. The van der Waals surface area contributed by atoms with Crippen LogP contribution in [-0.4, -0.2) is 26.2 Å². The van der Waals surface area contributed by atoms with E-state index in [2.05, 4.69) is 0 Å². The molecule has 0 N–H and O–H groups in total. The average molecular weight is 274 g/mol. The van der Waals surface area contributed by atoms with Crippen molar-refractivity contribution in [2.75, 3.05) is 14.2 Å². The van der Waals surface area contributed by atoms with Crippen LogP contribution in [0.4, 0.5) is 13.2 Å². The maximum Gasteiger partial charge on any atom is 0.454 e. The molecule has 0 aromatic heterocycles. The molecule has 1 aromatic rings. The largest absolute Gasteiger partial charge is 0.501 e. The van der Waals surface area contributed by atoms with Crippen LogP contribution in [0.3, 0.4) is 0 Å². The molecule has 0 aliphatic carbocycles. The molecule has 0 heterocycles. The number of ketones is 1. The summed E-state index contributed by atoms with van der Waals surface area (Å²) in [7, 11) is 2.67. The van der Waals surface area contributed by atoms with Crippen molar-refractivity contribution in [2.45, 2.75) is 12.6 Å². The quantitative estimate of drug-likeness (QED) is 0.611. The molecule has 6 heteroatoms. The Labute approximate surface area is 108 Å². The number of ether oxygens (including phenoxy) is 2. The molecule has 1 rings (SSSR count). The Morgan fingerprint density at radius 3 is 2.42 bits per heavy atom. The molecule has 0 saturated heterocycles. The summed E-state index contributed by atoms with van der Waals surface area (Å²) in [4.78, 5) is 10.9. The third-order valence-electron chi connectivity index (χ3n) is 2.39. The van der Waals surface area contributed by atoms with Crippen molar-refractivity contribution in [3.8, 4) is 5.75 Å². The lowest BCUT2D eigenvalue weighted by Crippen LogP contribution is -2.21. The van der Waals surface area contributed by atoms with E-state index in [1.54, 1.807) is 24.3 Å². The molecule has 0 unspecified atom stereocenters. The molecule has 104 valence electrons. The molecule has 0 fully saturated rings. The minimum absolute atomic E-state index is 0.0440. The second kappa shape index (κ2) is 6.26. The molecule has 0 saturated carbocycles. The number of rotatable bonds is 5. The van der Waals surface area contributed by atoms with Crippen LogP contribution in [-0.2, 0) is 16.0 Å². The maximum atomic E-state index is 12.2. The molecule has 19 heavy (non-hydrogen) atoms. The SMILES string of the molecule is CO/C(=C/C(=O)C(F)(F)F)Cc1ccccc1OC. The van der Waals surface area contributed by atoms with Gasteiger partial charge in [0.25, 0.3) is 5.78 Å². The first-order valence-electron chi connectivity index (χ1n) is 5.36. The Morgan fingerprint density at radius 2 is 1.89 bits per heavy atom. The van der Waals surface area contributed by atoms with E-state index in [-0.39, 0.29) is 12.2 Å². The van der Waals surface area contributed by atoms with E-state index in [9.17, 15) is 18.0 Å². The normalized spacial score (nSPS) is 12.2. The smallest absolute Gasteiger partial charge is 0.454 e. The van der Waals surface area contributed by atoms with Crippen molar-refractivity contribution in [1.29, 1.82) is 0 Å². The van der Waals surface area contributed by atoms with Gasteiger partial charge in [-0.1, -0.05) is 18.2 Å². The predicted octanol–water partition coefficient (Wildman–Crippen LogP) is 2.90. The lowest BCUT2D eigenvalue weighted by molar-refractivity contribution is -0.165. The first-order chi connectivity index (χ1) is 8.88. The van der Waals surface area contributed by atoms with Gasteiger partial charge in [0, 0.05) is 18.1 Å². The highest BCUT2D eigenvalue weighted by molar-refractivity contribution is 5.94. The third kappa shape index (κ3) is 4.31. The van der Waals surface area contributed by atoms with Gasteiger partial charge in [0.05, 0.1) is 14.2 Å². The summed E-state index contributed by atoms with van der Waals surface area (Å²) < 4.78 is 46.3. The lowest BCUT2D eigenvalue weighted by atomic mass is 10.1. The van der Waals surface area contributed by atoms with Crippen LogP contribution in [0.2, 0.25) is 0 Å². The number of halogens is 3. The van der Waals surface area contributed by atoms with E-state index >= 15 is 0 Å². The summed E-state index contributed by atoms with van der Waals surface area (Å²) in [6.07, 6.45) is -4.40. The van der Waals surface area contributed by atoms with Crippen LogP contribution in [0.5, 0.6) is 5.75 Å². The second-order valence-corrected chi connectivity index (χ2v) is 3.67. The van der Waals surface area contributed by atoms with Gasteiger partial charge in [0.2, 0.25) is 0 Å². The van der Waals surface area contributed by atoms with Gasteiger partial charge >= 0.3 is 6.18 Å². The predicted molar refractivity (Wildman–Crippen MR) is 62.9 cm³/mol. The molecule has 3 nitrogen and oxygen atoms in total. The molecule has 0 amide bonds. The van der Waals surface area contributed by atoms with Gasteiger partial charge in [-0.15, -0.1) is 0 Å². The topological polar surface area (TPSA) is 35.5 Å². The van der Waals surface area contributed by atoms with E-state index in [4.69, 9.17) is 9.47 Å². The van der Waals surface area contributed by atoms with Gasteiger partial charge in [-0.3, -0.25) is 4.79 Å². The van der Waals surface area contributed by atoms with Crippen molar-refractivity contribution < 1.29 is 27.4 Å². The number of para-hydroxylation sites is 1. The second-order valence-electron chi connectivity index (χ2n) is 3.67. The van der Waals surface area contributed by atoms with E-state index < -0.39 is 12.0 Å². The summed E-state index contributed by atoms with van der Waals surface area (Å²) in [6.45, 7) is 0. The number of methoxy groups -OCH3 is 2. The number of carbonyl (C=O) groups excluding carboxylic acids is 1. The summed E-state index contributed by atoms with van der Waals surface area (Å²) in [5.41, 5.74) is 0.632. The summed E-state index contributed by atoms with van der Waals surface area (Å²) in [6, 6.07) is 6.81. The van der Waals surface area contributed by atoms with Gasteiger partial charge in [0.15, 0.2) is 0 Å². The Balaban J connectivity index is 2.94. The molecule has 0 aliphatic heterocycles. The van der Waals surface area contributed by atoms with Crippen LogP contribution in [0, 0.1) is 0 Å². The minimum Gasteiger partial charge on any atom is -0.501 e. The molecule has 0 atom stereocenters. The third-order valence-corrected chi connectivity index (χ3v) is 2.39. The molecule has 1 aromatic carbocycles. The van der Waals surface area contributed by atoms with Gasteiger partial charge in [-0.05, 0) is 6.07 Å². The van der Waals surface area contributed by atoms with Crippen molar-refractivity contribution in [2.24, 2.45) is 0 Å². The highest BCUT2D eigenvalue weighted by Gasteiger charge is 2.37. The van der Waals surface area contributed by atoms with Crippen molar-refractivity contribution >= 4 is 5.78 Å². The van der Waals surface area contributed by atoms with E-state index in [0.29, 0.717) is 17.4 Å². The van der Waals surface area contributed by atoms with Crippen LogP contribution in [0.15, 0.2) is 36.1 Å². The standard InChI is InChI=1S/C13H13F3O3/c1-18-10(8-12(17)13(14,15)16)7-9-5-3-4-6-11(9)19-2/h3-6,8H,7H2,1-2H3/b10-8+. The van der Waals surface area contributed by atoms with Crippen LogP contribution in [0.1, 0.15) is 5.56 Å². The van der Waals surface area contributed by atoms with Crippen molar-refractivity contribution in [1.82, 2.24) is 0 Å². The number of alkyl halides is 3. The summed E-state index contributed by atoms with van der Waals surface area (Å²) in [5, 5.41) is 0. The van der Waals surface area contributed by atoms with Gasteiger partial charge in [-0.2, -0.15) is 13.2 Å². The number of carbonyl (C=O) groups is 1. The molecule has 0 bridgehead atoms. The number of hydrogen-bond donors (Lipinski definition) is 0. The van der Waals surface area contributed by atoms with Crippen LogP contribution in [0.25, 0.3) is 0 Å². The van der Waals surface area contributed by atoms with E-state index in [1.165, 1.54) is 14.2 Å². The van der Waals surface area contributed by atoms with Crippen LogP contribution >= 0.6 is 0 Å². The van der Waals surface area contributed by atoms with Crippen molar-refractivity contribution in [3.63, 3.8) is 0 Å². The Kier molecular flexibility index (Phi) is 4.97. The van der Waals surface area contributed by atoms with Gasteiger partial charge in [-0.25, -0.2) is 0 Å². The molecule has 0 spiro atoms. The fourth-order valence-corrected chi connectivity index (χ4v) is 1.45. The highest BCUT2D eigenvalue weighted by Crippen LogP contribution is 2.23. The average Bonchev–Trinajstić information content (AvgIpc) is 2.37. The number of benzene rings is 1. The van der Waals surface area contributed by atoms with Gasteiger partial charge in [0.1, 0.15) is 11.5 Å². The Morgan fingerprint density at radius 1 is 1.26 bits per heavy atom. The highest BCUT2D eigenvalue weighted by atomic mass is 19.4. The van der Waals surface area contributed by atoms with E-state index in [0.717, 1.165) is 0 Å². The summed E-state index contributed by atoms with van der Waals surface area (Å²) >= 11 is 0. The molecular weight excluding hydrogens is 261 g/mol. The monoisotopic (exact) mass is 274 g/mol. The lowest BCUT2D eigenvalue weighted by Gasteiger charge is -2.10. The zero-order valence-corrected chi connectivity index (χ0v) is 10.5.